The van der Waals surface area contributed by atoms with E-state index in [1.165, 1.54) is 0 Å². The van der Waals surface area contributed by atoms with Crippen LogP contribution in [0.2, 0.25) is 0 Å². The molecule has 1 saturated carbocycles. The zero-order valence-electron chi connectivity index (χ0n) is 4.22. The summed E-state index contributed by atoms with van der Waals surface area (Å²) in [4.78, 5) is 13.1. The van der Waals surface area contributed by atoms with Crippen molar-refractivity contribution >= 4 is 5.97 Å². The Balaban J connectivity index is 2.71. The van der Waals surface area contributed by atoms with Crippen molar-refractivity contribution < 1.29 is 9.90 Å². The molecule has 0 heterocycles. The number of aliphatic carboxylic acids is 1. The van der Waals surface area contributed by atoms with Gasteiger partial charge in [0.25, 0.3) is 0 Å². The van der Waals surface area contributed by atoms with Gasteiger partial charge < -0.3 is 5.11 Å². The van der Waals surface area contributed by atoms with Gasteiger partial charge in [-0.05, 0) is 0 Å². The number of carbonyl (C=O) groups is 1. The highest BCUT2D eigenvalue weighted by Crippen LogP contribution is 2.39. The van der Waals surface area contributed by atoms with Crippen molar-refractivity contribution in [2.75, 3.05) is 0 Å². The Kier molecular flexibility index (Phi) is 0.779. The number of rotatable bonds is 1. The molecule has 0 aromatic heterocycles. The average molecular weight is 111 g/mol. The summed E-state index contributed by atoms with van der Waals surface area (Å²) in [6.07, 6.45) is 1.07. The fourth-order valence-electron chi connectivity index (χ4n) is 0.492. The summed E-state index contributed by atoms with van der Waals surface area (Å²) < 4.78 is 0. The van der Waals surface area contributed by atoms with Crippen molar-refractivity contribution in [2.24, 2.45) is 0 Å². The molecule has 0 saturated heterocycles. The van der Waals surface area contributed by atoms with Crippen LogP contribution in [0.15, 0.2) is 0 Å². The van der Waals surface area contributed by atoms with Gasteiger partial charge in [-0.15, -0.1) is 0 Å². The van der Waals surface area contributed by atoms with Gasteiger partial charge in [-0.2, -0.15) is 0 Å². The van der Waals surface area contributed by atoms with E-state index in [0.29, 0.717) is 12.8 Å². The second-order valence-corrected chi connectivity index (χ2v) is 1.95. The summed E-state index contributed by atoms with van der Waals surface area (Å²) in [5.74, 6) is -0.965. The highest BCUT2D eigenvalue weighted by molar-refractivity contribution is 5.84. The maximum absolute atomic E-state index is 10.1. The number of hydrogen-bond donors (Lipinski definition) is 1. The number of nitrogens with zero attached hydrogens (tertiary/aromatic N) is 1. The molecule has 0 unspecified atom stereocenters. The third-order valence-electron chi connectivity index (χ3n) is 1.34. The minimum atomic E-state index is -1.00. The standard InChI is InChI=1S/C5H5NO2/c1-6-5(2-3-5)4(7)8/h2-3H2,(H,7,8). The molecule has 0 aliphatic heterocycles. The third-order valence-corrected chi connectivity index (χ3v) is 1.34. The van der Waals surface area contributed by atoms with Gasteiger partial charge in [0.15, 0.2) is 0 Å². The lowest BCUT2D eigenvalue weighted by Gasteiger charge is -1.88. The van der Waals surface area contributed by atoms with Crippen LogP contribution >= 0.6 is 0 Å². The van der Waals surface area contributed by atoms with Crippen molar-refractivity contribution in [2.45, 2.75) is 18.4 Å². The van der Waals surface area contributed by atoms with E-state index in [-0.39, 0.29) is 0 Å². The lowest BCUT2D eigenvalue weighted by Crippen LogP contribution is -2.16. The molecular weight excluding hydrogens is 106 g/mol. The Morgan fingerprint density at radius 3 is 2.25 bits per heavy atom. The molecule has 0 atom stereocenters. The number of hydrogen-bond acceptors (Lipinski definition) is 1. The van der Waals surface area contributed by atoms with Crippen LogP contribution in [0.1, 0.15) is 12.8 Å². The monoisotopic (exact) mass is 111 g/mol. The predicted octanol–water partition coefficient (Wildman–Crippen LogP) is 0.523. The Bertz CT molecular complexity index is 164. The van der Waals surface area contributed by atoms with Gasteiger partial charge >= 0.3 is 11.5 Å². The molecule has 0 bridgehead atoms. The Labute approximate surface area is 46.8 Å². The highest BCUT2D eigenvalue weighted by atomic mass is 16.4. The van der Waals surface area contributed by atoms with Crippen LogP contribution in [0, 0.1) is 6.57 Å². The lowest BCUT2D eigenvalue weighted by atomic mass is 10.3. The van der Waals surface area contributed by atoms with Gasteiger partial charge in [0.2, 0.25) is 0 Å². The summed E-state index contributed by atoms with van der Waals surface area (Å²) in [6, 6.07) is 0. The van der Waals surface area contributed by atoms with Gasteiger partial charge in [-0.3, -0.25) is 4.85 Å². The molecular formula is C5H5NO2. The summed E-state index contributed by atoms with van der Waals surface area (Å²) in [6.45, 7) is 6.44. The van der Waals surface area contributed by atoms with E-state index >= 15 is 0 Å². The van der Waals surface area contributed by atoms with Crippen molar-refractivity contribution in [3.63, 3.8) is 0 Å². The molecule has 1 N–H and O–H groups in total. The van der Waals surface area contributed by atoms with E-state index < -0.39 is 11.5 Å². The molecule has 0 amide bonds. The van der Waals surface area contributed by atoms with Crippen molar-refractivity contribution in [3.05, 3.63) is 11.4 Å². The lowest BCUT2D eigenvalue weighted by molar-refractivity contribution is -0.138. The molecule has 42 valence electrons. The topological polar surface area (TPSA) is 41.7 Å². The molecule has 8 heavy (non-hydrogen) atoms. The number of carboxylic acid groups (broad SMARTS) is 1. The molecule has 1 aliphatic rings. The van der Waals surface area contributed by atoms with Crippen LogP contribution < -0.4 is 0 Å². The molecule has 3 nitrogen and oxygen atoms in total. The van der Waals surface area contributed by atoms with Gasteiger partial charge in [0.1, 0.15) is 0 Å². The Morgan fingerprint density at radius 1 is 1.75 bits per heavy atom. The molecule has 0 aromatic rings. The summed E-state index contributed by atoms with van der Waals surface area (Å²) in [7, 11) is 0. The normalized spacial score (nSPS) is 21.4. The first-order chi connectivity index (χ1) is 3.71. The zero-order chi connectivity index (χ0) is 6.20. The SMILES string of the molecule is [C-]#[N+]C1(C(=O)O)CC1. The van der Waals surface area contributed by atoms with Gasteiger partial charge in [-0.25, -0.2) is 11.4 Å². The Hall–Kier alpha value is -1.04. The van der Waals surface area contributed by atoms with Crippen LogP contribution in [-0.2, 0) is 4.79 Å². The van der Waals surface area contributed by atoms with Crippen LogP contribution in [0.3, 0.4) is 0 Å². The zero-order valence-corrected chi connectivity index (χ0v) is 4.22. The number of carboxylic acids is 1. The average Bonchev–Trinajstić information content (AvgIpc) is 2.44. The minimum Gasteiger partial charge on any atom is -0.475 e. The van der Waals surface area contributed by atoms with E-state index in [9.17, 15) is 4.79 Å². The molecule has 1 aliphatic carbocycles. The summed E-state index contributed by atoms with van der Waals surface area (Å²) in [5.41, 5.74) is -1.00. The summed E-state index contributed by atoms with van der Waals surface area (Å²) >= 11 is 0. The van der Waals surface area contributed by atoms with Gasteiger partial charge in [0, 0.05) is 12.8 Å². The quantitative estimate of drug-likeness (QED) is 0.501. The van der Waals surface area contributed by atoms with Crippen LogP contribution in [0.5, 0.6) is 0 Å². The van der Waals surface area contributed by atoms with Crippen LogP contribution in [0.4, 0.5) is 0 Å². The van der Waals surface area contributed by atoms with Gasteiger partial charge in [0.05, 0.1) is 0 Å². The highest BCUT2D eigenvalue weighted by Gasteiger charge is 2.58. The fourth-order valence-corrected chi connectivity index (χ4v) is 0.492. The molecule has 0 spiro atoms. The third kappa shape index (κ3) is 0.463. The largest absolute Gasteiger partial charge is 0.475 e. The van der Waals surface area contributed by atoms with E-state index in [1.54, 1.807) is 0 Å². The molecule has 3 heteroatoms. The van der Waals surface area contributed by atoms with Crippen molar-refractivity contribution in [1.29, 1.82) is 0 Å². The maximum Gasteiger partial charge on any atom is 0.390 e. The van der Waals surface area contributed by atoms with E-state index in [1.807, 2.05) is 0 Å². The summed E-state index contributed by atoms with van der Waals surface area (Å²) in [5, 5.41) is 8.29. The molecule has 1 rings (SSSR count). The van der Waals surface area contributed by atoms with Gasteiger partial charge in [-0.1, -0.05) is 0 Å². The fraction of sp³-hybridized carbons (Fsp3) is 0.600. The molecule has 0 radical (unpaired) electrons. The molecule has 0 aromatic carbocycles. The van der Waals surface area contributed by atoms with Crippen molar-refractivity contribution in [1.82, 2.24) is 0 Å². The van der Waals surface area contributed by atoms with E-state index in [4.69, 9.17) is 11.7 Å². The van der Waals surface area contributed by atoms with E-state index in [0.717, 1.165) is 0 Å². The first-order valence-electron chi connectivity index (χ1n) is 2.33. The first-order valence-corrected chi connectivity index (χ1v) is 2.33. The second-order valence-electron chi connectivity index (χ2n) is 1.95. The first kappa shape index (κ1) is 5.10. The Morgan fingerprint density at radius 2 is 2.25 bits per heavy atom. The minimum absolute atomic E-state index is 0.534. The van der Waals surface area contributed by atoms with Crippen molar-refractivity contribution in [3.8, 4) is 0 Å². The second kappa shape index (κ2) is 1.22. The van der Waals surface area contributed by atoms with Crippen LogP contribution in [0.25, 0.3) is 4.85 Å². The maximum atomic E-state index is 10.1. The predicted molar refractivity (Wildman–Crippen MR) is 26.2 cm³/mol. The molecule has 1 fully saturated rings. The van der Waals surface area contributed by atoms with Crippen LogP contribution in [-0.4, -0.2) is 16.6 Å². The van der Waals surface area contributed by atoms with E-state index in [2.05, 4.69) is 4.85 Å². The smallest absolute Gasteiger partial charge is 0.390 e.